The normalized spacial score (nSPS) is 13.8. The molecule has 3 rings (SSSR count). The number of rotatable bonds is 5. The van der Waals surface area contributed by atoms with Gasteiger partial charge in [-0.2, -0.15) is 0 Å². The van der Waals surface area contributed by atoms with E-state index >= 15 is 0 Å². The Morgan fingerprint density at radius 2 is 2.17 bits per heavy atom. The molecule has 2 aromatic rings. The van der Waals surface area contributed by atoms with E-state index < -0.39 is 0 Å². The number of benzene rings is 1. The molecule has 0 spiro atoms. The second-order valence-electron chi connectivity index (χ2n) is 5.24. The van der Waals surface area contributed by atoms with Gasteiger partial charge in [-0.1, -0.05) is 36.4 Å². The van der Waals surface area contributed by atoms with Crippen LogP contribution in [0.2, 0.25) is 0 Å². The molecule has 0 saturated heterocycles. The van der Waals surface area contributed by atoms with E-state index in [1.54, 1.807) is 11.3 Å². The molecule has 0 fully saturated rings. The van der Waals surface area contributed by atoms with Crippen LogP contribution in [0.4, 0.5) is 0 Å². The first-order chi connectivity index (χ1) is 11.2. The highest BCUT2D eigenvalue weighted by Gasteiger charge is 2.15. The van der Waals surface area contributed by atoms with E-state index in [2.05, 4.69) is 10.3 Å². The summed E-state index contributed by atoms with van der Waals surface area (Å²) in [5.41, 5.74) is 2.97. The smallest absolute Gasteiger partial charge is 0.286 e. The maximum atomic E-state index is 12.1. The van der Waals surface area contributed by atoms with E-state index in [1.165, 1.54) is 0 Å². The van der Waals surface area contributed by atoms with Gasteiger partial charge in [0, 0.05) is 23.9 Å². The Labute approximate surface area is 139 Å². The molecule has 1 N–H and O–H groups in total. The molecule has 2 heterocycles. The molecule has 23 heavy (non-hydrogen) atoms. The van der Waals surface area contributed by atoms with Crippen LogP contribution in [0.15, 0.2) is 59.2 Å². The van der Waals surface area contributed by atoms with Crippen molar-refractivity contribution in [1.29, 1.82) is 0 Å². The van der Waals surface area contributed by atoms with Crippen molar-refractivity contribution in [3.05, 3.63) is 64.9 Å². The summed E-state index contributed by atoms with van der Waals surface area (Å²) in [6.45, 7) is 2.87. The zero-order valence-electron chi connectivity index (χ0n) is 12.9. The number of carbonyl (C=O) groups excluding carboxylic acids is 1. The van der Waals surface area contributed by atoms with Crippen LogP contribution in [-0.4, -0.2) is 24.0 Å². The Hall–Kier alpha value is -2.40. The number of nitrogens with zero attached hydrogens (tertiary/aromatic N) is 1. The van der Waals surface area contributed by atoms with E-state index in [0.717, 1.165) is 21.8 Å². The van der Waals surface area contributed by atoms with E-state index in [1.807, 2.05) is 54.8 Å². The fourth-order valence-corrected chi connectivity index (χ4v) is 3.17. The van der Waals surface area contributed by atoms with Gasteiger partial charge in [0.1, 0.15) is 11.6 Å². The molecule has 5 heteroatoms. The molecule has 0 unspecified atom stereocenters. The summed E-state index contributed by atoms with van der Waals surface area (Å²) in [7, 11) is 0. The minimum atomic E-state index is -0.162. The van der Waals surface area contributed by atoms with Gasteiger partial charge in [-0.15, -0.1) is 11.3 Å². The van der Waals surface area contributed by atoms with Crippen molar-refractivity contribution >= 4 is 17.2 Å². The van der Waals surface area contributed by atoms with Crippen molar-refractivity contribution in [3.8, 4) is 10.6 Å². The third-order valence-electron chi connectivity index (χ3n) is 3.50. The molecule has 118 valence electrons. The van der Waals surface area contributed by atoms with Crippen molar-refractivity contribution in [1.82, 2.24) is 10.3 Å². The number of thiazole rings is 1. The lowest BCUT2D eigenvalue weighted by Crippen LogP contribution is -2.29. The third-order valence-corrected chi connectivity index (χ3v) is 4.44. The number of nitrogens with one attached hydrogen (secondary N) is 1. The first-order valence-corrected chi connectivity index (χ1v) is 8.40. The van der Waals surface area contributed by atoms with Crippen LogP contribution in [0.3, 0.4) is 0 Å². The van der Waals surface area contributed by atoms with Gasteiger partial charge >= 0.3 is 0 Å². The highest BCUT2D eigenvalue weighted by Crippen LogP contribution is 2.23. The van der Waals surface area contributed by atoms with Crippen LogP contribution in [0.1, 0.15) is 12.6 Å². The Bertz CT molecular complexity index is 747. The van der Waals surface area contributed by atoms with Crippen LogP contribution in [0.25, 0.3) is 10.6 Å². The van der Waals surface area contributed by atoms with Crippen LogP contribution >= 0.6 is 11.3 Å². The summed E-state index contributed by atoms with van der Waals surface area (Å²) in [5, 5.41) is 5.94. The Kier molecular flexibility index (Phi) is 4.88. The van der Waals surface area contributed by atoms with Gasteiger partial charge in [0.15, 0.2) is 5.76 Å². The summed E-state index contributed by atoms with van der Waals surface area (Å²) >= 11 is 1.62. The van der Waals surface area contributed by atoms with E-state index in [9.17, 15) is 4.79 Å². The van der Waals surface area contributed by atoms with Gasteiger partial charge in [-0.05, 0) is 18.6 Å². The van der Waals surface area contributed by atoms with Crippen LogP contribution < -0.4 is 5.32 Å². The number of hydrogen-bond acceptors (Lipinski definition) is 4. The van der Waals surface area contributed by atoms with Gasteiger partial charge < -0.3 is 10.1 Å². The van der Waals surface area contributed by atoms with E-state index in [4.69, 9.17) is 4.74 Å². The molecule has 1 amide bonds. The van der Waals surface area contributed by atoms with Crippen molar-refractivity contribution in [3.63, 3.8) is 0 Å². The summed E-state index contributed by atoms with van der Waals surface area (Å²) in [5.74, 6) is 0.251. The maximum Gasteiger partial charge on any atom is 0.286 e. The highest BCUT2D eigenvalue weighted by molar-refractivity contribution is 7.13. The van der Waals surface area contributed by atoms with Gasteiger partial charge in [-0.3, -0.25) is 4.79 Å². The molecular weight excluding hydrogens is 308 g/mol. The molecule has 0 atom stereocenters. The number of carbonyl (C=O) groups is 1. The first kappa shape index (κ1) is 15.5. The van der Waals surface area contributed by atoms with Gasteiger partial charge in [-0.25, -0.2) is 4.98 Å². The molecule has 0 bridgehead atoms. The Morgan fingerprint density at radius 3 is 2.96 bits per heavy atom. The SMILES string of the molecule is CC1=C(C(=O)NCCc2csc(-c3ccccc3)n2)OCC=C1. The Morgan fingerprint density at radius 1 is 1.35 bits per heavy atom. The predicted molar refractivity (Wildman–Crippen MR) is 92.1 cm³/mol. The van der Waals surface area contributed by atoms with Crippen molar-refractivity contribution in [2.45, 2.75) is 13.3 Å². The Balaban J connectivity index is 1.54. The molecule has 0 radical (unpaired) electrons. The molecule has 0 saturated carbocycles. The monoisotopic (exact) mass is 326 g/mol. The molecule has 4 nitrogen and oxygen atoms in total. The van der Waals surface area contributed by atoms with Crippen molar-refractivity contribution < 1.29 is 9.53 Å². The first-order valence-electron chi connectivity index (χ1n) is 7.52. The minimum Gasteiger partial charge on any atom is -0.484 e. The number of allylic oxidation sites excluding steroid dienone is 2. The van der Waals surface area contributed by atoms with Crippen molar-refractivity contribution in [2.75, 3.05) is 13.2 Å². The van der Waals surface area contributed by atoms with Gasteiger partial charge in [0.2, 0.25) is 0 Å². The predicted octanol–water partition coefficient (Wildman–Crippen LogP) is 3.33. The molecule has 0 aliphatic carbocycles. The number of hydrogen-bond donors (Lipinski definition) is 1. The quantitative estimate of drug-likeness (QED) is 0.917. The molecule has 1 aromatic heterocycles. The van der Waals surface area contributed by atoms with Crippen LogP contribution in [0, 0.1) is 0 Å². The lowest BCUT2D eigenvalue weighted by atomic mass is 10.2. The maximum absolute atomic E-state index is 12.1. The van der Waals surface area contributed by atoms with Crippen molar-refractivity contribution in [2.24, 2.45) is 0 Å². The third kappa shape index (κ3) is 3.87. The number of ether oxygens (including phenoxy) is 1. The second kappa shape index (κ2) is 7.24. The van der Waals surface area contributed by atoms with Gasteiger partial charge in [0.05, 0.1) is 5.69 Å². The average Bonchev–Trinajstić information content (AvgIpc) is 3.05. The topological polar surface area (TPSA) is 51.2 Å². The molecule has 1 aromatic carbocycles. The fraction of sp³-hybridized carbons (Fsp3) is 0.222. The van der Waals surface area contributed by atoms with Crippen LogP contribution in [-0.2, 0) is 16.0 Å². The van der Waals surface area contributed by atoms with E-state index in [0.29, 0.717) is 25.3 Å². The largest absolute Gasteiger partial charge is 0.484 e. The fourth-order valence-electron chi connectivity index (χ4n) is 2.31. The molecular formula is C18H18N2O2S. The number of amides is 1. The summed E-state index contributed by atoms with van der Waals surface area (Å²) in [6.07, 6.45) is 4.51. The summed E-state index contributed by atoms with van der Waals surface area (Å²) < 4.78 is 5.38. The van der Waals surface area contributed by atoms with Gasteiger partial charge in [0.25, 0.3) is 5.91 Å². The van der Waals surface area contributed by atoms with E-state index in [-0.39, 0.29) is 5.91 Å². The summed E-state index contributed by atoms with van der Waals surface area (Å²) in [6, 6.07) is 10.1. The standard InChI is InChI=1S/C18H18N2O2S/c1-13-6-5-11-22-16(13)17(21)19-10-9-15-12-23-18(20-15)14-7-3-2-4-8-14/h2-8,12H,9-11H2,1H3,(H,19,21). The minimum absolute atomic E-state index is 0.162. The summed E-state index contributed by atoms with van der Waals surface area (Å²) in [4.78, 5) is 16.7. The number of aromatic nitrogens is 1. The molecule has 1 aliphatic rings. The lowest BCUT2D eigenvalue weighted by molar-refractivity contribution is -0.120. The lowest BCUT2D eigenvalue weighted by Gasteiger charge is -2.14. The molecule has 1 aliphatic heterocycles. The second-order valence-corrected chi connectivity index (χ2v) is 6.10. The highest BCUT2D eigenvalue weighted by atomic mass is 32.1. The zero-order valence-corrected chi connectivity index (χ0v) is 13.7. The zero-order chi connectivity index (χ0) is 16.1. The average molecular weight is 326 g/mol. The van der Waals surface area contributed by atoms with Crippen LogP contribution in [0.5, 0.6) is 0 Å².